The molecule has 30 heavy (non-hydrogen) atoms. The van der Waals surface area contributed by atoms with Crippen molar-refractivity contribution < 1.29 is 9.47 Å². The molecule has 0 saturated carbocycles. The Kier molecular flexibility index (Phi) is 5.63. The van der Waals surface area contributed by atoms with E-state index in [-0.39, 0.29) is 12.1 Å². The van der Waals surface area contributed by atoms with Crippen molar-refractivity contribution in [2.45, 2.75) is 32.0 Å². The van der Waals surface area contributed by atoms with Gasteiger partial charge in [0.15, 0.2) is 5.11 Å². The minimum atomic E-state index is -0.0992. The summed E-state index contributed by atoms with van der Waals surface area (Å²) in [6.07, 6.45) is 3.93. The van der Waals surface area contributed by atoms with Gasteiger partial charge in [-0.3, -0.25) is 4.98 Å². The van der Waals surface area contributed by atoms with Crippen LogP contribution < -0.4 is 19.7 Å². The molecule has 0 spiro atoms. The molecule has 2 aromatic heterocycles. The van der Waals surface area contributed by atoms with Gasteiger partial charge >= 0.3 is 0 Å². The molecule has 3 aromatic rings. The summed E-state index contributed by atoms with van der Waals surface area (Å²) in [4.78, 5) is 6.74. The molecule has 0 radical (unpaired) electrons. The molecule has 0 aliphatic carbocycles. The van der Waals surface area contributed by atoms with Crippen molar-refractivity contribution in [3.63, 3.8) is 0 Å². The fraction of sp³-hybridized carbons (Fsp3) is 0.304. The second kappa shape index (κ2) is 8.36. The molecular weight excluding hydrogens is 396 g/mol. The number of pyridine rings is 1. The molecule has 2 atom stereocenters. The smallest absolute Gasteiger partial charge is 0.174 e. The van der Waals surface area contributed by atoms with Crippen molar-refractivity contribution in [3.8, 4) is 11.5 Å². The van der Waals surface area contributed by atoms with E-state index in [9.17, 15) is 0 Å². The van der Waals surface area contributed by atoms with Gasteiger partial charge < -0.3 is 24.3 Å². The number of hydrogen-bond acceptors (Lipinski definition) is 4. The highest BCUT2D eigenvalue weighted by atomic mass is 32.1. The van der Waals surface area contributed by atoms with Crippen LogP contribution in [0.15, 0.2) is 60.9 Å². The normalized spacial score (nSPS) is 18.6. The maximum absolute atomic E-state index is 5.82. The SMILES string of the molecule is COc1ccc(N2C(=S)N[C@@H](c3ccccn3)[C@H]2c2cccn2C(C)C)c(OC)c1. The highest BCUT2D eigenvalue weighted by molar-refractivity contribution is 7.80. The highest BCUT2D eigenvalue weighted by Gasteiger charge is 2.43. The second-order valence-electron chi connectivity index (χ2n) is 7.47. The second-order valence-corrected chi connectivity index (χ2v) is 7.86. The number of benzene rings is 1. The third-order valence-electron chi connectivity index (χ3n) is 5.42. The first kappa shape index (κ1) is 20.2. The number of nitrogens with zero attached hydrogens (tertiary/aromatic N) is 3. The van der Waals surface area contributed by atoms with Crippen LogP contribution in [0.5, 0.6) is 11.5 Å². The molecule has 0 unspecified atom stereocenters. The Morgan fingerprint density at radius 3 is 2.57 bits per heavy atom. The van der Waals surface area contributed by atoms with Gasteiger partial charge in [0.1, 0.15) is 17.5 Å². The van der Waals surface area contributed by atoms with E-state index < -0.39 is 0 Å². The summed E-state index contributed by atoms with van der Waals surface area (Å²) in [6.45, 7) is 4.36. The molecule has 1 saturated heterocycles. The Hall–Kier alpha value is -3.06. The lowest BCUT2D eigenvalue weighted by molar-refractivity contribution is 0.394. The Labute approximate surface area is 182 Å². The average Bonchev–Trinajstić information content (AvgIpc) is 3.38. The molecule has 3 heterocycles. The van der Waals surface area contributed by atoms with Gasteiger partial charge in [-0.1, -0.05) is 6.07 Å². The first-order valence-electron chi connectivity index (χ1n) is 9.94. The third-order valence-corrected chi connectivity index (χ3v) is 5.73. The van der Waals surface area contributed by atoms with Gasteiger partial charge in [-0.05, 0) is 62.5 Å². The van der Waals surface area contributed by atoms with Crippen LogP contribution >= 0.6 is 12.2 Å². The number of methoxy groups -OCH3 is 2. The van der Waals surface area contributed by atoms with Crippen molar-refractivity contribution in [2.75, 3.05) is 19.1 Å². The topological polar surface area (TPSA) is 51.5 Å². The lowest BCUT2D eigenvalue weighted by Crippen LogP contribution is -2.31. The zero-order chi connectivity index (χ0) is 21.3. The maximum atomic E-state index is 5.82. The highest BCUT2D eigenvalue weighted by Crippen LogP contribution is 2.45. The summed E-state index contributed by atoms with van der Waals surface area (Å²) in [7, 11) is 3.30. The van der Waals surface area contributed by atoms with Crippen molar-refractivity contribution in [3.05, 3.63) is 72.3 Å². The van der Waals surface area contributed by atoms with E-state index in [1.165, 1.54) is 0 Å². The van der Waals surface area contributed by atoms with Crippen LogP contribution in [0.3, 0.4) is 0 Å². The molecular formula is C23H26N4O2S. The zero-order valence-corrected chi connectivity index (χ0v) is 18.4. The quantitative estimate of drug-likeness (QED) is 0.583. The molecule has 156 valence electrons. The van der Waals surface area contributed by atoms with Gasteiger partial charge in [0.2, 0.25) is 0 Å². The molecule has 4 rings (SSSR count). The largest absolute Gasteiger partial charge is 0.497 e. The van der Waals surface area contributed by atoms with E-state index in [0.29, 0.717) is 16.9 Å². The van der Waals surface area contributed by atoms with Gasteiger partial charge in [0.05, 0.1) is 31.6 Å². The lowest BCUT2D eigenvalue weighted by atomic mass is 10.0. The average molecular weight is 423 g/mol. The predicted molar refractivity (Wildman–Crippen MR) is 122 cm³/mol. The van der Waals surface area contributed by atoms with Gasteiger partial charge in [0, 0.05) is 30.2 Å². The van der Waals surface area contributed by atoms with Gasteiger partial charge in [-0.25, -0.2) is 0 Å². The molecule has 1 N–H and O–H groups in total. The van der Waals surface area contributed by atoms with Crippen molar-refractivity contribution in [1.82, 2.24) is 14.9 Å². The van der Waals surface area contributed by atoms with Crippen LogP contribution in [0, 0.1) is 0 Å². The minimum absolute atomic E-state index is 0.0907. The molecule has 1 fully saturated rings. The van der Waals surface area contributed by atoms with E-state index in [0.717, 1.165) is 22.8 Å². The van der Waals surface area contributed by atoms with E-state index in [1.54, 1.807) is 14.2 Å². The first-order valence-corrected chi connectivity index (χ1v) is 10.4. The number of anilines is 1. The predicted octanol–water partition coefficient (Wildman–Crippen LogP) is 4.66. The summed E-state index contributed by atoms with van der Waals surface area (Å²) in [5.74, 6) is 1.44. The lowest BCUT2D eigenvalue weighted by Gasteiger charge is -2.30. The summed E-state index contributed by atoms with van der Waals surface area (Å²) in [5, 5.41) is 4.13. The van der Waals surface area contributed by atoms with Crippen molar-refractivity contribution >= 4 is 23.0 Å². The van der Waals surface area contributed by atoms with E-state index in [1.807, 2.05) is 42.6 Å². The van der Waals surface area contributed by atoms with Gasteiger partial charge in [0.25, 0.3) is 0 Å². The van der Waals surface area contributed by atoms with E-state index >= 15 is 0 Å². The number of nitrogens with one attached hydrogen (secondary N) is 1. The Morgan fingerprint density at radius 1 is 1.07 bits per heavy atom. The Morgan fingerprint density at radius 2 is 1.90 bits per heavy atom. The number of ether oxygens (including phenoxy) is 2. The summed E-state index contributed by atoms with van der Waals surface area (Å²) < 4.78 is 13.4. The first-order chi connectivity index (χ1) is 14.5. The van der Waals surface area contributed by atoms with Gasteiger partial charge in [-0.2, -0.15) is 0 Å². The molecule has 0 bridgehead atoms. The molecule has 7 heteroatoms. The summed E-state index contributed by atoms with van der Waals surface area (Å²) in [5.41, 5.74) is 2.98. The Balaban J connectivity index is 1.88. The third kappa shape index (κ3) is 3.50. The number of aromatic nitrogens is 2. The molecule has 1 aliphatic rings. The van der Waals surface area contributed by atoms with Crippen LogP contribution in [0.4, 0.5) is 5.69 Å². The van der Waals surface area contributed by atoms with Crippen molar-refractivity contribution in [1.29, 1.82) is 0 Å². The fourth-order valence-corrected chi connectivity index (χ4v) is 4.37. The van der Waals surface area contributed by atoms with Crippen LogP contribution in [0.2, 0.25) is 0 Å². The van der Waals surface area contributed by atoms with Crippen LogP contribution in [-0.2, 0) is 0 Å². The van der Waals surface area contributed by atoms with Crippen LogP contribution in [-0.4, -0.2) is 28.9 Å². The monoisotopic (exact) mass is 422 g/mol. The number of hydrogen-bond donors (Lipinski definition) is 1. The summed E-state index contributed by atoms with van der Waals surface area (Å²) >= 11 is 5.82. The van der Waals surface area contributed by atoms with Crippen LogP contribution in [0.25, 0.3) is 0 Å². The van der Waals surface area contributed by atoms with Crippen molar-refractivity contribution in [2.24, 2.45) is 0 Å². The van der Waals surface area contributed by atoms with E-state index in [2.05, 4.69) is 51.9 Å². The Bertz CT molecular complexity index is 1030. The van der Waals surface area contributed by atoms with Gasteiger partial charge in [-0.15, -0.1) is 0 Å². The number of rotatable bonds is 6. The molecule has 6 nitrogen and oxygen atoms in total. The molecule has 1 aliphatic heterocycles. The fourth-order valence-electron chi connectivity index (χ4n) is 4.03. The minimum Gasteiger partial charge on any atom is -0.497 e. The van der Waals surface area contributed by atoms with E-state index in [4.69, 9.17) is 21.7 Å². The number of thiocarbonyl (C=S) groups is 1. The standard InChI is InChI=1S/C23H26N4O2S/c1-15(2)26-13-7-9-19(26)22-21(17-8-5-6-12-24-17)25-23(30)27(22)18-11-10-16(28-3)14-20(18)29-4/h5-15,21-22H,1-4H3,(H,25,30)/t21-,22+/m0/s1. The summed E-state index contributed by atoms with van der Waals surface area (Å²) in [6, 6.07) is 16.1. The maximum Gasteiger partial charge on any atom is 0.174 e. The zero-order valence-electron chi connectivity index (χ0n) is 17.6. The van der Waals surface area contributed by atoms with Crippen LogP contribution in [0.1, 0.15) is 43.4 Å². The molecule has 1 aromatic carbocycles. The molecule has 0 amide bonds.